The van der Waals surface area contributed by atoms with Crippen LogP contribution in [0, 0.1) is 5.82 Å². The SMILES string of the molecule is O=C(CSc1nc2c(c(=O)[nH]1)CCC2)Nc1ccc(Cl)cc1F. The highest BCUT2D eigenvalue weighted by Crippen LogP contribution is 2.21. The monoisotopic (exact) mass is 353 g/mol. The third kappa shape index (κ3) is 3.73. The number of thioether (sulfide) groups is 1. The second-order valence-corrected chi connectivity index (χ2v) is 6.51. The molecule has 0 unspecified atom stereocenters. The summed E-state index contributed by atoms with van der Waals surface area (Å²) in [5.74, 6) is -0.969. The lowest BCUT2D eigenvalue weighted by Gasteiger charge is -2.07. The van der Waals surface area contributed by atoms with E-state index in [1.165, 1.54) is 12.1 Å². The van der Waals surface area contributed by atoms with Gasteiger partial charge in [0.25, 0.3) is 5.56 Å². The second-order valence-electron chi connectivity index (χ2n) is 5.11. The van der Waals surface area contributed by atoms with Crippen LogP contribution in [-0.4, -0.2) is 21.6 Å². The molecule has 23 heavy (non-hydrogen) atoms. The van der Waals surface area contributed by atoms with Crippen LogP contribution >= 0.6 is 23.4 Å². The van der Waals surface area contributed by atoms with Crippen molar-refractivity contribution in [1.82, 2.24) is 9.97 Å². The van der Waals surface area contributed by atoms with E-state index in [1.807, 2.05) is 0 Å². The topological polar surface area (TPSA) is 74.8 Å². The number of halogens is 2. The minimum atomic E-state index is -0.597. The molecule has 1 amide bonds. The molecule has 1 aliphatic carbocycles. The highest BCUT2D eigenvalue weighted by Gasteiger charge is 2.17. The van der Waals surface area contributed by atoms with Gasteiger partial charge in [-0.05, 0) is 37.5 Å². The molecular formula is C15H13ClFN3O2S. The Morgan fingerprint density at radius 2 is 2.26 bits per heavy atom. The standard InChI is InChI=1S/C15H13ClFN3O2S/c16-8-4-5-12(10(17)6-8)18-13(21)7-23-15-19-11-3-1-2-9(11)14(22)20-15/h4-6H,1-3,7H2,(H,18,21)(H,19,20,22). The first-order valence-corrected chi connectivity index (χ1v) is 8.39. The summed E-state index contributed by atoms with van der Waals surface area (Å²) in [5, 5.41) is 3.13. The number of aromatic nitrogens is 2. The molecule has 0 saturated heterocycles. The molecule has 0 saturated carbocycles. The molecule has 0 spiro atoms. The number of carbonyl (C=O) groups is 1. The van der Waals surface area contributed by atoms with Gasteiger partial charge in [-0.3, -0.25) is 9.59 Å². The predicted molar refractivity (Wildman–Crippen MR) is 87.6 cm³/mol. The Morgan fingerprint density at radius 3 is 3.04 bits per heavy atom. The van der Waals surface area contributed by atoms with E-state index < -0.39 is 5.82 Å². The van der Waals surface area contributed by atoms with Crippen molar-refractivity contribution in [2.75, 3.05) is 11.1 Å². The fourth-order valence-electron chi connectivity index (χ4n) is 2.40. The summed E-state index contributed by atoms with van der Waals surface area (Å²) < 4.78 is 13.6. The molecule has 0 radical (unpaired) electrons. The van der Waals surface area contributed by atoms with E-state index in [0.29, 0.717) is 5.16 Å². The van der Waals surface area contributed by atoms with Crippen LogP contribution in [0.1, 0.15) is 17.7 Å². The van der Waals surface area contributed by atoms with E-state index in [-0.39, 0.29) is 27.9 Å². The predicted octanol–water partition coefficient (Wildman–Crippen LogP) is 2.78. The van der Waals surface area contributed by atoms with Gasteiger partial charge in [0.15, 0.2) is 5.16 Å². The molecule has 2 aromatic rings. The maximum atomic E-state index is 13.6. The van der Waals surface area contributed by atoms with E-state index in [1.54, 1.807) is 0 Å². The zero-order chi connectivity index (χ0) is 16.4. The van der Waals surface area contributed by atoms with Gasteiger partial charge in [-0.15, -0.1) is 0 Å². The van der Waals surface area contributed by atoms with Crippen molar-refractivity contribution in [3.63, 3.8) is 0 Å². The first-order chi connectivity index (χ1) is 11.0. The number of H-pyrrole nitrogens is 1. The third-order valence-electron chi connectivity index (χ3n) is 3.46. The Hall–Kier alpha value is -1.86. The van der Waals surface area contributed by atoms with Crippen LogP contribution < -0.4 is 10.9 Å². The maximum Gasteiger partial charge on any atom is 0.254 e. The Morgan fingerprint density at radius 1 is 1.43 bits per heavy atom. The molecule has 8 heteroatoms. The second kappa shape index (κ2) is 6.72. The average molecular weight is 354 g/mol. The van der Waals surface area contributed by atoms with Crippen LogP contribution in [0.3, 0.4) is 0 Å². The normalized spacial score (nSPS) is 13.0. The van der Waals surface area contributed by atoms with E-state index in [0.717, 1.165) is 48.3 Å². The van der Waals surface area contributed by atoms with E-state index >= 15 is 0 Å². The fourth-order valence-corrected chi connectivity index (χ4v) is 3.24. The number of aromatic amines is 1. The smallest absolute Gasteiger partial charge is 0.254 e. The lowest BCUT2D eigenvalue weighted by atomic mass is 10.3. The van der Waals surface area contributed by atoms with Crippen molar-refractivity contribution in [3.8, 4) is 0 Å². The van der Waals surface area contributed by atoms with Gasteiger partial charge in [0, 0.05) is 10.6 Å². The summed E-state index contributed by atoms with van der Waals surface area (Å²) in [6.45, 7) is 0. The Kier molecular flexibility index (Phi) is 4.68. The molecule has 0 aliphatic heterocycles. The molecule has 0 atom stereocenters. The van der Waals surface area contributed by atoms with Crippen LogP contribution in [0.5, 0.6) is 0 Å². The van der Waals surface area contributed by atoms with Gasteiger partial charge >= 0.3 is 0 Å². The van der Waals surface area contributed by atoms with Crippen LogP contribution in [0.25, 0.3) is 0 Å². The molecule has 5 nitrogen and oxygen atoms in total. The summed E-state index contributed by atoms with van der Waals surface area (Å²) >= 11 is 6.77. The molecule has 1 aromatic carbocycles. The van der Waals surface area contributed by atoms with Crippen molar-refractivity contribution in [1.29, 1.82) is 0 Å². The number of hydrogen-bond donors (Lipinski definition) is 2. The minimum Gasteiger partial charge on any atom is -0.323 e. The van der Waals surface area contributed by atoms with Gasteiger partial charge in [0.2, 0.25) is 5.91 Å². The van der Waals surface area contributed by atoms with E-state index in [9.17, 15) is 14.0 Å². The van der Waals surface area contributed by atoms with E-state index in [2.05, 4.69) is 15.3 Å². The van der Waals surface area contributed by atoms with Crippen molar-refractivity contribution < 1.29 is 9.18 Å². The molecule has 1 heterocycles. The number of amides is 1. The van der Waals surface area contributed by atoms with Crippen LogP contribution in [0.15, 0.2) is 28.2 Å². The number of anilines is 1. The largest absolute Gasteiger partial charge is 0.323 e. The number of carbonyl (C=O) groups excluding carboxylic acids is 1. The molecule has 0 bridgehead atoms. The number of nitrogens with one attached hydrogen (secondary N) is 2. The van der Waals surface area contributed by atoms with Gasteiger partial charge in [-0.25, -0.2) is 9.37 Å². The molecular weight excluding hydrogens is 341 g/mol. The van der Waals surface area contributed by atoms with Crippen molar-refractivity contribution in [2.24, 2.45) is 0 Å². The molecule has 3 rings (SSSR count). The number of aryl methyl sites for hydroxylation is 1. The van der Waals surface area contributed by atoms with Gasteiger partial charge in [0.05, 0.1) is 17.1 Å². The van der Waals surface area contributed by atoms with Crippen molar-refractivity contribution in [2.45, 2.75) is 24.4 Å². The Bertz CT molecular complexity index is 825. The van der Waals surface area contributed by atoms with Crippen molar-refractivity contribution >= 4 is 35.0 Å². The van der Waals surface area contributed by atoms with Gasteiger partial charge in [-0.2, -0.15) is 0 Å². The van der Waals surface area contributed by atoms with Crippen molar-refractivity contribution in [3.05, 3.63) is 50.7 Å². The number of rotatable bonds is 4. The summed E-state index contributed by atoms with van der Waals surface area (Å²) in [6.07, 6.45) is 2.46. The Balaban J connectivity index is 1.63. The van der Waals surface area contributed by atoms with Crippen LogP contribution in [0.2, 0.25) is 5.02 Å². The lowest BCUT2D eigenvalue weighted by molar-refractivity contribution is -0.113. The highest BCUT2D eigenvalue weighted by molar-refractivity contribution is 7.99. The first-order valence-electron chi connectivity index (χ1n) is 7.02. The zero-order valence-corrected chi connectivity index (χ0v) is 13.6. The van der Waals surface area contributed by atoms with Gasteiger partial charge in [0.1, 0.15) is 5.82 Å². The number of hydrogen-bond acceptors (Lipinski definition) is 4. The van der Waals surface area contributed by atoms with Gasteiger partial charge < -0.3 is 10.3 Å². The lowest BCUT2D eigenvalue weighted by Crippen LogP contribution is -2.18. The van der Waals surface area contributed by atoms with Crippen LogP contribution in [0.4, 0.5) is 10.1 Å². The van der Waals surface area contributed by atoms with E-state index in [4.69, 9.17) is 11.6 Å². The highest BCUT2D eigenvalue weighted by atomic mass is 35.5. The molecule has 0 fully saturated rings. The average Bonchev–Trinajstić information content (AvgIpc) is 2.97. The fraction of sp³-hybridized carbons (Fsp3) is 0.267. The quantitative estimate of drug-likeness (QED) is 0.654. The molecule has 120 valence electrons. The number of nitrogens with zero attached hydrogens (tertiary/aromatic N) is 1. The third-order valence-corrected chi connectivity index (χ3v) is 4.57. The maximum absolute atomic E-state index is 13.6. The summed E-state index contributed by atoms with van der Waals surface area (Å²) in [7, 11) is 0. The number of benzene rings is 1. The zero-order valence-electron chi connectivity index (χ0n) is 12.0. The summed E-state index contributed by atoms with van der Waals surface area (Å²) in [4.78, 5) is 30.8. The first kappa shape index (κ1) is 16.0. The summed E-state index contributed by atoms with van der Waals surface area (Å²) in [6, 6.07) is 4.02. The minimum absolute atomic E-state index is 0.0177. The molecule has 2 N–H and O–H groups in total. The van der Waals surface area contributed by atoms with Crippen LogP contribution in [-0.2, 0) is 17.6 Å². The molecule has 1 aromatic heterocycles. The van der Waals surface area contributed by atoms with Gasteiger partial charge in [-0.1, -0.05) is 23.4 Å². The summed E-state index contributed by atoms with van der Waals surface area (Å²) in [5.41, 5.74) is 1.47. The molecule has 1 aliphatic rings. The Labute approximate surface area is 140 Å². The number of fused-ring (bicyclic) bond motifs is 1.